The summed E-state index contributed by atoms with van der Waals surface area (Å²) < 4.78 is 5.42. The van der Waals surface area contributed by atoms with Crippen molar-refractivity contribution in [1.29, 1.82) is 0 Å². The van der Waals surface area contributed by atoms with E-state index < -0.39 is 0 Å². The Morgan fingerprint density at radius 1 is 1.44 bits per heavy atom. The number of nitrogens with one attached hydrogen (secondary N) is 1. The number of likely N-dealkylation sites (N-methyl/N-ethyl adjacent to an activating group) is 1. The summed E-state index contributed by atoms with van der Waals surface area (Å²) >= 11 is 0. The van der Waals surface area contributed by atoms with Crippen molar-refractivity contribution in [3.8, 4) is 0 Å². The maximum absolute atomic E-state index is 5.42. The lowest BCUT2D eigenvalue weighted by Gasteiger charge is -2.26. The zero-order valence-corrected chi connectivity index (χ0v) is 9.44. The molecule has 5 nitrogen and oxygen atoms in total. The van der Waals surface area contributed by atoms with Crippen LogP contribution in [0.4, 0.5) is 5.82 Å². The van der Waals surface area contributed by atoms with E-state index in [1.165, 1.54) is 6.42 Å². The third-order valence-corrected chi connectivity index (χ3v) is 3.41. The first-order valence-corrected chi connectivity index (χ1v) is 5.70. The van der Waals surface area contributed by atoms with Crippen LogP contribution >= 0.6 is 0 Å². The molecule has 0 amide bonds. The van der Waals surface area contributed by atoms with Crippen LogP contribution in [0.5, 0.6) is 0 Å². The quantitative estimate of drug-likeness (QED) is 0.777. The van der Waals surface area contributed by atoms with E-state index in [1.807, 2.05) is 0 Å². The molecule has 0 saturated carbocycles. The minimum absolute atomic E-state index is 0.541. The van der Waals surface area contributed by atoms with Gasteiger partial charge in [-0.2, -0.15) is 0 Å². The Hall–Kier alpha value is -1.20. The van der Waals surface area contributed by atoms with E-state index in [0.29, 0.717) is 19.3 Å². The smallest absolute Gasteiger partial charge is 0.137 e. The van der Waals surface area contributed by atoms with Crippen molar-refractivity contribution in [3.05, 3.63) is 17.6 Å². The highest BCUT2D eigenvalue weighted by molar-refractivity contribution is 5.49. The van der Waals surface area contributed by atoms with Crippen LogP contribution in [0.25, 0.3) is 0 Å². The Balaban J connectivity index is 1.91. The highest BCUT2D eigenvalue weighted by atomic mass is 16.5. The molecule has 2 aliphatic rings. The lowest BCUT2D eigenvalue weighted by atomic mass is 10.2. The van der Waals surface area contributed by atoms with Gasteiger partial charge in [-0.15, -0.1) is 0 Å². The van der Waals surface area contributed by atoms with Crippen LogP contribution in [0, 0.1) is 0 Å². The van der Waals surface area contributed by atoms with Gasteiger partial charge in [0.1, 0.15) is 12.1 Å². The van der Waals surface area contributed by atoms with Gasteiger partial charge >= 0.3 is 0 Å². The van der Waals surface area contributed by atoms with Crippen molar-refractivity contribution in [2.45, 2.75) is 25.7 Å². The number of ether oxygens (including phenoxy) is 1. The molecular weight excluding hydrogens is 204 g/mol. The monoisotopic (exact) mass is 220 g/mol. The van der Waals surface area contributed by atoms with Crippen molar-refractivity contribution >= 4 is 5.82 Å². The van der Waals surface area contributed by atoms with Crippen molar-refractivity contribution in [1.82, 2.24) is 15.3 Å². The van der Waals surface area contributed by atoms with E-state index in [9.17, 15) is 0 Å². The third-order valence-electron chi connectivity index (χ3n) is 3.41. The van der Waals surface area contributed by atoms with Gasteiger partial charge in [-0.05, 0) is 13.0 Å². The van der Waals surface area contributed by atoms with Gasteiger partial charge in [0.15, 0.2) is 0 Å². The first kappa shape index (κ1) is 9.99. The predicted molar refractivity (Wildman–Crippen MR) is 60.2 cm³/mol. The third kappa shape index (κ3) is 1.56. The van der Waals surface area contributed by atoms with Crippen LogP contribution in [-0.2, 0) is 18.0 Å². The number of aromatic nitrogens is 2. The fourth-order valence-electron chi connectivity index (χ4n) is 2.41. The summed E-state index contributed by atoms with van der Waals surface area (Å²) in [5.74, 6) is 1.04. The van der Waals surface area contributed by atoms with E-state index in [-0.39, 0.29) is 0 Å². The maximum atomic E-state index is 5.42. The molecule has 1 unspecified atom stereocenters. The molecule has 0 aliphatic carbocycles. The highest BCUT2D eigenvalue weighted by Crippen LogP contribution is 2.27. The molecule has 1 atom stereocenters. The lowest BCUT2D eigenvalue weighted by molar-refractivity contribution is 0.133. The summed E-state index contributed by atoms with van der Waals surface area (Å²) in [4.78, 5) is 10.9. The largest absolute Gasteiger partial charge is 0.370 e. The molecule has 2 aliphatic heterocycles. The standard InChI is InChI=1S/C11H16N4O/c1-15(8-2-3-12-4-8)11-9-5-16-6-10(9)13-7-14-11/h7-8,12H,2-6H2,1H3. The van der Waals surface area contributed by atoms with E-state index in [2.05, 4.69) is 27.2 Å². The van der Waals surface area contributed by atoms with Gasteiger partial charge < -0.3 is 15.0 Å². The topological polar surface area (TPSA) is 50.3 Å². The Morgan fingerprint density at radius 3 is 3.19 bits per heavy atom. The summed E-state index contributed by atoms with van der Waals surface area (Å²) in [6.45, 7) is 3.41. The Labute approximate surface area is 94.8 Å². The van der Waals surface area contributed by atoms with Crippen LogP contribution in [0.3, 0.4) is 0 Å². The first-order chi connectivity index (χ1) is 7.86. The first-order valence-electron chi connectivity index (χ1n) is 5.70. The fourth-order valence-corrected chi connectivity index (χ4v) is 2.41. The van der Waals surface area contributed by atoms with Gasteiger partial charge in [0, 0.05) is 25.2 Å². The van der Waals surface area contributed by atoms with Crippen LogP contribution < -0.4 is 10.2 Å². The van der Waals surface area contributed by atoms with Crippen molar-refractivity contribution in [3.63, 3.8) is 0 Å². The van der Waals surface area contributed by atoms with Crippen molar-refractivity contribution in [2.24, 2.45) is 0 Å². The molecule has 3 rings (SSSR count). The van der Waals surface area contributed by atoms with Gasteiger partial charge in [-0.25, -0.2) is 9.97 Å². The highest BCUT2D eigenvalue weighted by Gasteiger charge is 2.25. The average Bonchev–Trinajstić information content (AvgIpc) is 2.98. The minimum Gasteiger partial charge on any atom is -0.370 e. The van der Waals surface area contributed by atoms with Gasteiger partial charge in [-0.3, -0.25) is 0 Å². The number of fused-ring (bicyclic) bond motifs is 1. The van der Waals surface area contributed by atoms with Crippen LogP contribution in [-0.4, -0.2) is 36.1 Å². The summed E-state index contributed by atoms with van der Waals surface area (Å²) in [5, 5.41) is 3.37. The maximum Gasteiger partial charge on any atom is 0.137 e. The van der Waals surface area contributed by atoms with Gasteiger partial charge in [0.05, 0.1) is 18.9 Å². The molecule has 0 radical (unpaired) electrons. The zero-order valence-electron chi connectivity index (χ0n) is 9.44. The zero-order chi connectivity index (χ0) is 11.0. The van der Waals surface area contributed by atoms with Crippen LogP contribution in [0.1, 0.15) is 17.7 Å². The van der Waals surface area contributed by atoms with E-state index in [1.54, 1.807) is 6.33 Å². The van der Waals surface area contributed by atoms with E-state index >= 15 is 0 Å². The Bertz CT molecular complexity index is 390. The Morgan fingerprint density at radius 2 is 2.38 bits per heavy atom. The van der Waals surface area contributed by atoms with Gasteiger partial charge in [0.25, 0.3) is 0 Å². The molecule has 1 fully saturated rings. The minimum atomic E-state index is 0.541. The number of anilines is 1. The molecule has 0 spiro atoms. The second-order valence-corrected chi connectivity index (χ2v) is 4.37. The van der Waals surface area contributed by atoms with Crippen LogP contribution in [0.2, 0.25) is 0 Å². The lowest BCUT2D eigenvalue weighted by Crippen LogP contribution is -2.34. The molecule has 3 heterocycles. The van der Waals surface area contributed by atoms with Crippen molar-refractivity contribution in [2.75, 3.05) is 25.0 Å². The summed E-state index contributed by atoms with van der Waals surface area (Å²) in [6.07, 6.45) is 2.82. The molecule has 0 aromatic carbocycles. The van der Waals surface area contributed by atoms with Gasteiger partial charge in [0.2, 0.25) is 0 Å². The molecule has 1 saturated heterocycles. The predicted octanol–water partition coefficient (Wildman–Crippen LogP) is 0.305. The van der Waals surface area contributed by atoms with E-state index in [4.69, 9.17) is 4.74 Å². The average molecular weight is 220 g/mol. The summed E-state index contributed by atoms with van der Waals surface area (Å²) in [5.41, 5.74) is 2.21. The SMILES string of the molecule is CN(c1ncnc2c1COC2)C1CCNC1. The number of hydrogen-bond acceptors (Lipinski definition) is 5. The molecule has 1 aromatic heterocycles. The van der Waals surface area contributed by atoms with E-state index in [0.717, 1.165) is 30.2 Å². The Kier molecular flexibility index (Phi) is 2.49. The molecular formula is C11H16N4O. The normalized spacial score (nSPS) is 23.4. The second kappa shape index (κ2) is 3.99. The number of nitrogens with zero attached hydrogens (tertiary/aromatic N) is 3. The number of hydrogen-bond donors (Lipinski definition) is 1. The molecule has 1 N–H and O–H groups in total. The molecule has 16 heavy (non-hydrogen) atoms. The second-order valence-electron chi connectivity index (χ2n) is 4.37. The summed E-state index contributed by atoms with van der Waals surface area (Å²) in [6, 6.07) is 0.541. The molecule has 1 aromatic rings. The molecule has 5 heteroatoms. The van der Waals surface area contributed by atoms with Crippen molar-refractivity contribution < 1.29 is 4.74 Å². The molecule has 86 valence electrons. The fraction of sp³-hybridized carbons (Fsp3) is 0.636. The number of rotatable bonds is 2. The van der Waals surface area contributed by atoms with Gasteiger partial charge in [-0.1, -0.05) is 0 Å². The van der Waals surface area contributed by atoms with Crippen LogP contribution in [0.15, 0.2) is 6.33 Å². The summed E-state index contributed by atoms with van der Waals surface area (Å²) in [7, 11) is 2.11. The molecule has 0 bridgehead atoms.